The molecular weight excluding hydrogens is 430 g/mol. The number of benzene rings is 3. The maximum Gasteiger partial charge on any atom is 0.337 e. The second kappa shape index (κ2) is 8.80. The van der Waals surface area contributed by atoms with E-state index in [1.165, 1.54) is 6.07 Å². The molecule has 32 heavy (non-hydrogen) atoms. The van der Waals surface area contributed by atoms with Crippen LogP contribution in [-0.2, 0) is 27.2 Å². The van der Waals surface area contributed by atoms with Crippen LogP contribution in [0.5, 0.6) is 5.75 Å². The number of nitrogens with zero attached hydrogens (tertiary/aromatic N) is 2. The van der Waals surface area contributed by atoms with Gasteiger partial charge in [-0.3, -0.25) is 9.13 Å². The molecule has 3 aromatic carbocycles. The standard InChI is InChI=1S/C24H22ClN3O4/c1-27-20-10-7-15(11-21(20)28(2)24(27)31)14-32-22-6-4-3-5-16(22)13-26-17-8-9-19(25)18(12-17)23(29)30/h3-12,26H,13-14H2,1-2H3,(H,29,30). The van der Waals surface area contributed by atoms with Gasteiger partial charge in [0.25, 0.3) is 0 Å². The monoisotopic (exact) mass is 451 g/mol. The molecule has 0 aliphatic rings. The van der Waals surface area contributed by atoms with Crippen LogP contribution < -0.4 is 15.7 Å². The molecule has 4 aromatic rings. The van der Waals surface area contributed by atoms with Crippen LogP contribution in [0.25, 0.3) is 11.0 Å². The van der Waals surface area contributed by atoms with Gasteiger partial charge in [-0.1, -0.05) is 35.9 Å². The molecule has 0 atom stereocenters. The molecule has 0 unspecified atom stereocenters. The van der Waals surface area contributed by atoms with Crippen LogP contribution in [0.4, 0.5) is 5.69 Å². The predicted octanol–water partition coefficient (Wildman–Crippen LogP) is 4.42. The minimum absolute atomic E-state index is 0.0481. The van der Waals surface area contributed by atoms with Crippen molar-refractivity contribution in [3.05, 3.63) is 92.9 Å². The molecule has 0 spiro atoms. The van der Waals surface area contributed by atoms with Gasteiger partial charge in [0.1, 0.15) is 12.4 Å². The smallest absolute Gasteiger partial charge is 0.337 e. The molecule has 8 heteroatoms. The number of para-hydroxylation sites is 1. The molecule has 4 rings (SSSR count). The number of carbonyl (C=O) groups is 1. The van der Waals surface area contributed by atoms with Gasteiger partial charge in [-0.2, -0.15) is 0 Å². The highest BCUT2D eigenvalue weighted by Gasteiger charge is 2.11. The zero-order chi connectivity index (χ0) is 22.8. The Labute approximate surface area is 189 Å². The first-order chi connectivity index (χ1) is 15.3. The van der Waals surface area contributed by atoms with Crippen LogP contribution in [0.1, 0.15) is 21.5 Å². The molecule has 0 saturated heterocycles. The summed E-state index contributed by atoms with van der Waals surface area (Å²) in [6, 6.07) is 18.3. The quantitative estimate of drug-likeness (QED) is 0.434. The maximum atomic E-state index is 12.1. The van der Waals surface area contributed by atoms with Crippen LogP contribution in [0.3, 0.4) is 0 Å². The summed E-state index contributed by atoms with van der Waals surface area (Å²) in [5.74, 6) is -0.357. The number of anilines is 1. The third-order valence-electron chi connectivity index (χ3n) is 5.38. The fraction of sp³-hybridized carbons (Fsp3) is 0.167. The third-order valence-corrected chi connectivity index (χ3v) is 5.71. The van der Waals surface area contributed by atoms with Crippen molar-refractivity contribution in [3.8, 4) is 5.75 Å². The predicted molar refractivity (Wildman–Crippen MR) is 125 cm³/mol. The Kier molecular flexibility index (Phi) is 5.92. The number of ether oxygens (including phenoxy) is 1. The van der Waals surface area contributed by atoms with Crippen molar-refractivity contribution in [2.24, 2.45) is 14.1 Å². The first-order valence-electron chi connectivity index (χ1n) is 9.97. The number of aromatic carboxylic acids is 1. The van der Waals surface area contributed by atoms with E-state index in [1.54, 1.807) is 35.4 Å². The lowest BCUT2D eigenvalue weighted by atomic mass is 10.1. The van der Waals surface area contributed by atoms with Crippen molar-refractivity contribution >= 4 is 34.3 Å². The highest BCUT2D eigenvalue weighted by molar-refractivity contribution is 6.33. The summed E-state index contributed by atoms with van der Waals surface area (Å²) in [5, 5.41) is 12.7. The van der Waals surface area contributed by atoms with E-state index in [0.717, 1.165) is 27.9 Å². The van der Waals surface area contributed by atoms with Crippen LogP contribution in [0.2, 0.25) is 5.02 Å². The molecular formula is C24H22ClN3O4. The van der Waals surface area contributed by atoms with E-state index >= 15 is 0 Å². The second-order valence-electron chi connectivity index (χ2n) is 7.47. The topological polar surface area (TPSA) is 85.5 Å². The lowest BCUT2D eigenvalue weighted by molar-refractivity contribution is 0.0697. The van der Waals surface area contributed by atoms with Gasteiger partial charge >= 0.3 is 11.7 Å². The maximum absolute atomic E-state index is 12.1. The van der Waals surface area contributed by atoms with E-state index in [0.29, 0.717) is 18.8 Å². The van der Waals surface area contributed by atoms with Crippen LogP contribution in [-0.4, -0.2) is 20.2 Å². The van der Waals surface area contributed by atoms with E-state index in [2.05, 4.69) is 5.32 Å². The molecule has 0 bridgehead atoms. The Hall–Kier alpha value is -3.71. The van der Waals surface area contributed by atoms with Gasteiger partial charge in [0.15, 0.2) is 0 Å². The Bertz CT molecular complexity index is 1370. The second-order valence-corrected chi connectivity index (χ2v) is 7.88. The highest BCUT2D eigenvalue weighted by Crippen LogP contribution is 2.24. The summed E-state index contributed by atoms with van der Waals surface area (Å²) >= 11 is 5.94. The van der Waals surface area contributed by atoms with Gasteiger partial charge in [-0.15, -0.1) is 0 Å². The van der Waals surface area contributed by atoms with Crippen molar-refractivity contribution in [1.29, 1.82) is 0 Å². The first-order valence-corrected chi connectivity index (χ1v) is 10.3. The molecule has 2 N–H and O–H groups in total. The fourth-order valence-corrected chi connectivity index (χ4v) is 3.79. The number of hydrogen-bond donors (Lipinski definition) is 2. The molecule has 0 fully saturated rings. The Morgan fingerprint density at radius 1 is 1.03 bits per heavy atom. The zero-order valence-corrected chi connectivity index (χ0v) is 18.4. The number of hydrogen-bond acceptors (Lipinski definition) is 4. The summed E-state index contributed by atoms with van der Waals surface area (Å²) < 4.78 is 9.31. The van der Waals surface area contributed by atoms with Crippen molar-refractivity contribution in [1.82, 2.24) is 9.13 Å². The molecule has 7 nitrogen and oxygen atoms in total. The van der Waals surface area contributed by atoms with Crippen LogP contribution in [0.15, 0.2) is 65.5 Å². The van der Waals surface area contributed by atoms with E-state index in [9.17, 15) is 14.7 Å². The van der Waals surface area contributed by atoms with Crippen LogP contribution in [0, 0.1) is 0 Å². The van der Waals surface area contributed by atoms with E-state index < -0.39 is 5.97 Å². The SMILES string of the molecule is Cn1c(=O)n(C)c2cc(COc3ccccc3CNc3ccc(Cl)c(C(=O)O)c3)ccc21. The molecule has 0 aliphatic carbocycles. The Balaban J connectivity index is 1.49. The Morgan fingerprint density at radius 2 is 1.78 bits per heavy atom. The van der Waals surface area contributed by atoms with E-state index in [-0.39, 0.29) is 16.3 Å². The minimum atomic E-state index is -1.07. The van der Waals surface area contributed by atoms with Crippen molar-refractivity contribution in [2.45, 2.75) is 13.2 Å². The van der Waals surface area contributed by atoms with Gasteiger partial charge in [-0.05, 0) is 42.0 Å². The number of imidazole rings is 1. The number of rotatable bonds is 7. The molecule has 1 aromatic heterocycles. The molecule has 0 aliphatic heterocycles. The minimum Gasteiger partial charge on any atom is -0.489 e. The lowest BCUT2D eigenvalue weighted by Crippen LogP contribution is -2.19. The summed E-state index contributed by atoms with van der Waals surface area (Å²) in [4.78, 5) is 23.4. The molecule has 0 amide bonds. The van der Waals surface area contributed by atoms with E-state index in [4.69, 9.17) is 16.3 Å². The normalized spacial score (nSPS) is 11.0. The van der Waals surface area contributed by atoms with Gasteiger partial charge in [0.05, 0.1) is 21.6 Å². The summed E-state index contributed by atoms with van der Waals surface area (Å²) in [5.41, 5.74) is 4.23. The summed E-state index contributed by atoms with van der Waals surface area (Å²) in [6.45, 7) is 0.795. The number of nitrogens with one attached hydrogen (secondary N) is 1. The molecule has 0 radical (unpaired) electrons. The third kappa shape index (κ3) is 4.20. The number of fused-ring (bicyclic) bond motifs is 1. The van der Waals surface area contributed by atoms with Gasteiger partial charge in [0, 0.05) is 31.9 Å². The number of carboxylic acids is 1. The van der Waals surface area contributed by atoms with Crippen molar-refractivity contribution in [2.75, 3.05) is 5.32 Å². The zero-order valence-electron chi connectivity index (χ0n) is 17.6. The number of aryl methyl sites for hydroxylation is 2. The first kappa shape index (κ1) is 21.5. The lowest BCUT2D eigenvalue weighted by Gasteiger charge is -2.14. The largest absolute Gasteiger partial charge is 0.489 e. The van der Waals surface area contributed by atoms with Crippen molar-refractivity contribution in [3.63, 3.8) is 0 Å². The number of halogens is 1. The summed E-state index contributed by atoms with van der Waals surface area (Å²) in [7, 11) is 3.51. The Morgan fingerprint density at radius 3 is 2.56 bits per heavy atom. The highest BCUT2D eigenvalue weighted by atomic mass is 35.5. The average molecular weight is 452 g/mol. The van der Waals surface area contributed by atoms with Gasteiger partial charge in [0.2, 0.25) is 0 Å². The number of aromatic nitrogens is 2. The average Bonchev–Trinajstić information content (AvgIpc) is 3.01. The summed E-state index contributed by atoms with van der Waals surface area (Å²) in [6.07, 6.45) is 0. The van der Waals surface area contributed by atoms with Crippen molar-refractivity contribution < 1.29 is 14.6 Å². The van der Waals surface area contributed by atoms with Crippen LogP contribution >= 0.6 is 11.6 Å². The van der Waals surface area contributed by atoms with E-state index in [1.807, 2.05) is 42.5 Å². The number of carboxylic acid groups (broad SMARTS) is 1. The van der Waals surface area contributed by atoms with Gasteiger partial charge < -0.3 is 15.2 Å². The van der Waals surface area contributed by atoms with Gasteiger partial charge in [-0.25, -0.2) is 9.59 Å². The molecule has 0 saturated carbocycles. The molecule has 1 heterocycles. The fourth-order valence-electron chi connectivity index (χ4n) is 3.59. The molecule has 164 valence electrons.